The summed E-state index contributed by atoms with van der Waals surface area (Å²) in [5.41, 5.74) is -0.520. The van der Waals surface area contributed by atoms with Gasteiger partial charge in [0.2, 0.25) is 0 Å². The zero-order chi connectivity index (χ0) is 7.72. The van der Waals surface area contributed by atoms with Crippen LogP contribution in [0.4, 0.5) is 0 Å². The zero-order valence-electron chi connectivity index (χ0n) is 5.77. The molecule has 0 aliphatic carbocycles. The number of aliphatic hydroxyl groups excluding tert-OH is 3. The molecule has 0 radical (unpaired) electrons. The molecule has 0 aromatic carbocycles. The Bertz CT molecular complexity index is 108. The molecule has 1 aliphatic heterocycles. The number of aliphatic hydroxyl groups is 3. The first-order valence-corrected chi connectivity index (χ1v) is 4.25. The molecule has 0 unspecified atom stereocenters. The van der Waals surface area contributed by atoms with Crippen molar-refractivity contribution in [3.05, 3.63) is 0 Å². The van der Waals surface area contributed by atoms with Gasteiger partial charge in [0.1, 0.15) is 5.44 Å². The molecule has 1 aliphatic rings. The topological polar surface area (TPSA) is 60.7 Å². The summed E-state index contributed by atoms with van der Waals surface area (Å²) in [4.78, 5) is 0. The van der Waals surface area contributed by atoms with Crippen molar-refractivity contribution in [3.63, 3.8) is 0 Å². The Labute approximate surface area is 64.1 Å². The van der Waals surface area contributed by atoms with Crippen LogP contribution in [0.1, 0.15) is 13.3 Å². The molecule has 60 valence electrons. The van der Waals surface area contributed by atoms with Crippen LogP contribution in [-0.4, -0.2) is 38.2 Å². The van der Waals surface area contributed by atoms with Crippen LogP contribution >= 0.6 is 11.8 Å². The highest BCUT2D eigenvalue weighted by Crippen LogP contribution is 2.30. The summed E-state index contributed by atoms with van der Waals surface area (Å²) in [5, 5.41) is 27.3. The monoisotopic (exact) mass is 164 g/mol. The summed E-state index contributed by atoms with van der Waals surface area (Å²) in [6.07, 6.45) is -1.17. The first kappa shape index (κ1) is 8.33. The van der Waals surface area contributed by atoms with E-state index in [1.807, 2.05) is 0 Å². The van der Waals surface area contributed by atoms with Crippen LogP contribution in [0.2, 0.25) is 0 Å². The van der Waals surface area contributed by atoms with Crippen molar-refractivity contribution in [2.45, 2.75) is 36.2 Å². The summed E-state index contributed by atoms with van der Waals surface area (Å²) in [5.74, 6) is 0. The SMILES string of the molecule is C[C@H]1S[C@@H](O)C[C@H](O)[C@@H]1O. The molecule has 0 aromatic heterocycles. The Morgan fingerprint density at radius 1 is 1.30 bits per heavy atom. The largest absolute Gasteiger partial charge is 0.390 e. The molecule has 1 heterocycles. The van der Waals surface area contributed by atoms with Crippen LogP contribution in [0.3, 0.4) is 0 Å². The average Bonchev–Trinajstić information content (AvgIpc) is 1.82. The number of hydrogen-bond donors (Lipinski definition) is 3. The fourth-order valence-electron chi connectivity index (χ4n) is 1.04. The van der Waals surface area contributed by atoms with Gasteiger partial charge in [-0.15, -0.1) is 11.8 Å². The van der Waals surface area contributed by atoms with E-state index in [9.17, 15) is 5.11 Å². The lowest BCUT2D eigenvalue weighted by Crippen LogP contribution is -2.41. The van der Waals surface area contributed by atoms with Crippen LogP contribution < -0.4 is 0 Å². The van der Waals surface area contributed by atoms with Crippen molar-refractivity contribution in [1.29, 1.82) is 0 Å². The number of thioether (sulfide) groups is 1. The van der Waals surface area contributed by atoms with Crippen LogP contribution in [0.15, 0.2) is 0 Å². The fourth-order valence-corrected chi connectivity index (χ4v) is 2.19. The molecule has 1 saturated heterocycles. The second kappa shape index (κ2) is 3.09. The molecule has 4 heteroatoms. The summed E-state index contributed by atoms with van der Waals surface area (Å²) < 4.78 is 0. The maximum Gasteiger partial charge on any atom is 0.102 e. The van der Waals surface area contributed by atoms with Crippen LogP contribution in [0, 0.1) is 0 Å². The second-order valence-electron chi connectivity index (χ2n) is 2.59. The van der Waals surface area contributed by atoms with Crippen molar-refractivity contribution in [2.75, 3.05) is 0 Å². The van der Waals surface area contributed by atoms with Gasteiger partial charge in [-0.05, 0) is 0 Å². The first-order chi connectivity index (χ1) is 4.61. The van der Waals surface area contributed by atoms with Gasteiger partial charge in [-0.1, -0.05) is 6.92 Å². The van der Waals surface area contributed by atoms with E-state index in [1.165, 1.54) is 11.8 Å². The normalized spacial score (nSPS) is 49.2. The Hall–Kier alpha value is 0.230. The van der Waals surface area contributed by atoms with Crippen molar-refractivity contribution >= 4 is 11.8 Å². The third-order valence-electron chi connectivity index (χ3n) is 1.69. The Kier molecular flexibility index (Phi) is 2.57. The van der Waals surface area contributed by atoms with E-state index in [2.05, 4.69) is 0 Å². The molecule has 1 rings (SSSR count). The minimum Gasteiger partial charge on any atom is -0.390 e. The Morgan fingerprint density at radius 3 is 2.40 bits per heavy atom. The lowest BCUT2D eigenvalue weighted by molar-refractivity contribution is -0.00551. The maximum absolute atomic E-state index is 9.18. The fraction of sp³-hybridized carbons (Fsp3) is 1.00. The van der Waals surface area contributed by atoms with Crippen LogP contribution in [-0.2, 0) is 0 Å². The van der Waals surface area contributed by atoms with Gasteiger partial charge in [-0.2, -0.15) is 0 Å². The minimum atomic E-state index is -0.758. The van der Waals surface area contributed by atoms with Gasteiger partial charge in [0.15, 0.2) is 0 Å². The predicted octanol–water partition coefficient (Wildman–Crippen LogP) is -0.448. The van der Waals surface area contributed by atoms with E-state index < -0.39 is 17.6 Å². The van der Waals surface area contributed by atoms with Gasteiger partial charge in [0.25, 0.3) is 0 Å². The average molecular weight is 164 g/mol. The molecule has 0 saturated carbocycles. The number of hydrogen-bond acceptors (Lipinski definition) is 4. The molecule has 1 fully saturated rings. The maximum atomic E-state index is 9.18. The van der Waals surface area contributed by atoms with Gasteiger partial charge in [0, 0.05) is 11.7 Å². The lowest BCUT2D eigenvalue weighted by Gasteiger charge is -2.31. The van der Waals surface area contributed by atoms with E-state index in [1.54, 1.807) is 6.92 Å². The molecule has 0 aromatic rings. The van der Waals surface area contributed by atoms with Crippen LogP contribution in [0.25, 0.3) is 0 Å². The van der Waals surface area contributed by atoms with Crippen molar-refractivity contribution in [2.24, 2.45) is 0 Å². The minimum absolute atomic E-state index is 0.0706. The standard InChI is InChI=1S/C6H12O3S/c1-3-6(9)4(7)2-5(8)10-3/h3-9H,2H2,1H3/t3-,4+,5-,6-/m1/s1. The van der Waals surface area contributed by atoms with E-state index in [0.29, 0.717) is 0 Å². The Morgan fingerprint density at radius 2 is 1.90 bits per heavy atom. The van der Waals surface area contributed by atoms with E-state index in [4.69, 9.17) is 10.2 Å². The van der Waals surface area contributed by atoms with Crippen molar-refractivity contribution in [1.82, 2.24) is 0 Å². The summed E-state index contributed by atoms with van der Waals surface area (Å²) >= 11 is 1.30. The van der Waals surface area contributed by atoms with E-state index in [-0.39, 0.29) is 11.7 Å². The van der Waals surface area contributed by atoms with Gasteiger partial charge in [0.05, 0.1) is 12.2 Å². The van der Waals surface area contributed by atoms with Crippen molar-refractivity contribution < 1.29 is 15.3 Å². The molecule has 0 spiro atoms. The summed E-state index contributed by atoms with van der Waals surface area (Å²) in [6.45, 7) is 1.79. The highest BCUT2D eigenvalue weighted by molar-refractivity contribution is 8.00. The molecule has 0 bridgehead atoms. The van der Waals surface area contributed by atoms with E-state index >= 15 is 0 Å². The van der Waals surface area contributed by atoms with Gasteiger partial charge in [-0.3, -0.25) is 0 Å². The highest BCUT2D eigenvalue weighted by Gasteiger charge is 2.32. The quantitative estimate of drug-likeness (QED) is 0.454. The first-order valence-electron chi connectivity index (χ1n) is 3.31. The third-order valence-corrected chi connectivity index (χ3v) is 2.90. The summed E-state index contributed by atoms with van der Waals surface area (Å²) in [6, 6.07) is 0. The van der Waals surface area contributed by atoms with E-state index in [0.717, 1.165) is 0 Å². The zero-order valence-corrected chi connectivity index (χ0v) is 6.58. The molecule has 0 amide bonds. The Balaban J connectivity index is 2.49. The highest BCUT2D eigenvalue weighted by atomic mass is 32.2. The van der Waals surface area contributed by atoms with Crippen LogP contribution in [0.5, 0.6) is 0 Å². The van der Waals surface area contributed by atoms with Crippen molar-refractivity contribution in [3.8, 4) is 0 Å². The molecule has 10 heavy (non-hydrogen) atoms. The summed E-state index contributed by atoms with van der Waals surface area (Å²) in [7, 11) is 0. The molecular weight excluding hydrogens is 152 g/mol. The predicted molar refractivity (Wildman–Crippen MR) is 39.7 cm³/mol. The smallest absolute Gasteiger partial charge is 0.102 e. The second-order valence-corrected chi connectivity index (χ2v) is 4.15. The lowest BCUT2D eigenvalue weighted by atomic mass is 10.1. The molecule has 3 nitrogen and oxygen atoms in total. The molecule has 4 atom stereocenters. The van der Waals surface area contributed by atoms with Gasteiger partial charge >= 0.3 is 0 Å². The molecular formula is C6H12O3S. The van der Waals surface area contributed by atoms with Gasteiger partial charge in [-0.25, -0.2) is 0 Å². The van der Waals surface area contributed by atoms with Gasteiger partial charge < -0.3 is 15.3 Å². The molecule has 3 N–H and O–H groups in total. The number of rotatable bonds is 0. The third kappa shape index (κ3) is 1.63.